The summed E-state index contributed by atoms with van der Waals surface area (Å²) in [5.74, 6) is 0.297. The van der Waals surface area contributed by atoms with E-state index in [0.29, 0.717) is 29.0 Å². The standard InChI is InChI=1S/C30H22BrFN2O2S/c31-26-17-23(13-16-27(26)36-20-22-11-14-24(32)15-12-22)18-28-29(35)34(19-21-7-3-1-4-8-21)30(37-28)33-25-9-5-2-6-10-25/h1-18H,19-20H2/b28-18+,33-30?. The molecule has 5 rings (SSSR count). The number of thioether (sulfide) groups is 1. The Balaban J connectivity index is 1.37. The molecule has 1 saturated heterocycles. The Morgan fingerprint density at radius 1 is 0.892 bits per heavy atom. The van der Waals surface area contributed by atoms with Crippen LogP contribution in [-0.4, -0.2) is 16.0 Å². The summed E-state index contributed by atoms with van der Waals surface area (Å²) in [6.45, 7) is 0.761. The molecule has 1 heterocycles. The molecular weight excluding hydrogens is 551 g/mol. The average molecular weight is 573 g/mol. The van der Waals surface area contributed by atoms with E-state index in [-0.39, 0.29) is 11.7 Å². The summed E-state index contributed by atoms with van der Waals surface area (Å²) in [4.78, 5) is 20.5. The number of halogens is 2. The van der Waals surface area contributed by atoms with Gasteiger partial charge >= 0.3 is 0 Å². The summed E-state index contributed by atoms with van der Waals surface area (Å²) < 4.78 is 19.8. The molecule has 0 radical (unpaired) electrons. The molecule has 0 aliphatic carbocycles. The number of hydrogen-bond donors (Lipinski definition) is 0. The number of carbonyl (C=O) groups excluding carboxylic acids is 1. The Morgan fingerprint density at radius 3 is 2.30 bits per heavy atom. The van der Waals surface area contributed by atoms with Gasteiger partial charge in [0.2, 0.25) is 0 Å². The van der Waals surface area contributed by atoms with Crippen LogP contribution in [-0.2, 0) is 17.9 Å². The highest BCUT2D eigenvalue weighted by Crippen LogP contribution is 2.36. The molecule has 0 saturated carbocycles. The number of aliphatic imine (C=N–C) groups is 1. The minimum atomic E-state index is -0.277. The molecule has 4 aromatic rings. The second-order valence-corrected chi connectivity index (χ2v) is 10.2. The normalized spacial score (nSPS) is 15.5. The van der Waals surface area contributed by atoms with E-state index in [9.17, 15) is 9.18 Å². The van der Waals surface area contributed by atoms with Crippen molar-refractivity contribution in [1.29, 1.82) is 0 Å². The number of nitrogens with zero attached hydrogens (tertiary/aromatic N) is 2. The van der Waals surface area contributed by atoms with Crippen molar-refractivity contribution in [1.82, 2.24) is 4.90 Å². The van der Waals surface area contributed by atoms with Crippen LogP contribution >= 0.6 is 27.7 Å². The molecule has 0 bridgehead atoms. The number of rotatable bonds is 7. The van der Waals surface area contributed by atoms with E-state index in [2.05, 4.69) is 15.9 Å². The number of hydrogen-bond acceptors (Lipinski definition) is 4. The molecule has 0 N–H and O–H groups in total. The molecule has 7 heteroatoms. The monoisotopic (exact) mass is 572 g/mol. The van der Waals surface area contributed by atoms with E-state index >= 15 is 0 Å². The van der Waals surface area contributed by atoms with Crippen LogP contribution in [0.25, 0.3) is 6.08 Å². The first-order valence-electron chi connectivity index (χ1n) is 11.6. The Kier molecular flexibility index (Phi) is 7.82. The molecule has 0 spiro atoms. The van der Waals surface area contributed by atoms with Gasteiger partial charge in [0, 0.05) is 0 Å². The molecule has 0 atom stereocenters. The van der Waals surface area contributed by atoms with Crippen molar-refractivity contribution in [2.75, 3.05) is 0 Å². The molecule has 4 aromatic carbocycles. The third-order valence-electron chi connectivity index (χ3n) is 5.61. The van der Waals surface area contributed by atoms with E-state index in [1.807, 2.05) is 84.9 Å². The van der Waals surface area contributed by atoms with Gasteiger partial charge in [-0.2, -0.15) is 0 Å². The Morgan fingerprint density at radius 2 is 1.59 bits per heavy atom. The van der Waals surface area contributed by atoms with Crippen LogP contribution < -0.4 is 4.74 Å². The van der Waals surface area contributed by atoms with Crippen LogP contribution in [0.4, 0.5) is 10.1 Å². The van der Waals surface area contributed by atoms with Crippen molar-refractivity contribution in [2.45, 2.75) is 13.2 Å². The van der Waals surface area contributed by atoms with Gasteiger partial charge in [0.25, 0.3) is 5.91 Å². The van der Waals surface area contributed by atoms with Crippen molar-refractivity contribution in [3.63, 3.8) is 0 Å². The fraction of sp³-hybridized carbons (Fsp3) is 0.0667. The van der Waals surface area contributed by atoms with Gasteiger partial charge in [-0.3, -0.25) is 9.69 Å². The van der Waals surface area contributed by atoms with Gasteiger partial charge in [0.1, 0.15) is 18.2 Å². The molecule has 1 aliphatic heterocycles. The fourth-order valence-corrected chi connectivity index (χ4v) is 5.24. The number of para-hydroxylation sites is 1. The SMILES string of the molecule is O=C1/C(=C\c2ccc(OCc3ccc(F)cc3)c(Br)c2)SC(=Nc2ccccc2)N1Cc1ccccc1. The number of amides is 1. The highest BCUT2D eigenvalue weighted by atomic mass is 79.9. The Labute approximate surface area is 227 Å². The maximum atomic E-state index is 13.4. The summed E-state index contributed by atoms with van der Waals surface area (Å²) >= 11 is 4.93. The molecule has 1 amide bonds. The molecular formula is C30H22BrFN2O2S. The third-order valence-corrected chi connectivity index (χ3v) is 7.24. The quantitative estimate of drug-likeness (QED) is 0.211. The smallest absolute Gasteiger partial charge is 0.267 e. The van der Waals surface area contributed by atoms with Crippen molar-refractivity contribution < 1.29 is 13.9 Å². The van der Waals surface area contributed by atoms with Gasteiger partial charge in [0.05, 0.1) is 21.6 Å². The van der Waals surface area contributed by atoms with E-state index in [1.165, 1.54) is 23.9 Å². The largest absolute Gasteiger partial charge is 0.488 e. The van der Waals surface area contributed by atoms with Crippen LogP contribution in [0.5, 0.6) is 5.75 Å². The second-order valence-electron chi connectivity index (χ2n) is 8.32. The van der Waals surface area contributed by atoms with E-state index < -0.39 is 0 Å². The highest BCUT2D eigenvalue weighted by Gasteiger charge is 2.33. The highest BCUT2D eigenvalue weighted by molar-refractivity contribution is 9.10. The zero-order chi connectivity index (χ0) is 25.6. The molecule has 1 fully saturated rings. The Hall–Kier alpha value is -3.68. The summed E-state index contributed by atoms with van der Waals surface area (Å²) in [6, 6.07) is 31.4. The Bertz CT molecular complexity index is 1460. The summed E-state index contributed by atoms with van der Waals surface area (Å²) in [6.07, 6.45) is 1.87. The predicted octanol–water partition coefficient (Wildman–Crippen LogP) is 7.97. The van der Waals surface area contributed by atoms with E-state index in [0.717, 1.165) is 26.9 Å². The van der Waals surface area contributed by atoms with Gasteiger partial charge < -0.3 is 4.74 Å². The average Bonchev–Trinajstić information content (AvgIpc) is 3.19. The molecule has 1 aliphatic rings. The molecule has 0 aromatic heterocycles. The number of carbonyl (C=O) groups is 1. The maximum absolute atomic E-state index is 13.4. The minimum absolute atomic E-state index is 0.0868. The zero-order valence-electron chi connectivity index (χ0n) is 19.7. The van der Waals surface area contributed by atoms with Crippen LogP contribution in [0.3, 0.4) is 0 Å². The number of benzene rings is 4. The molecule has 0 unspecified atom stereocenters. The topological polar surface area (TPSA) is 41.9 Å². The fourth-order valence-electron chi connectivity index (χ4n) is 3.73. The van der Waals surface area contributed by atoms with E-state index in [4.69, 9.17) is 9.73 Å². The lowest BCUT2D eigenvalue weighted by atomic mass is 10.2. The molecule has 37 heavy (non-hydrogen) atoms. The summed E-state index contributed by atoms with van der Waals surface area (Å²) in [5, 5.41) is 0.643. The zero-order valence-corrected chi connectivity index (χ0v) is 22.1. The lowest BCUT2D eigenvalue weighted by molar-refractivity contribution is -0.122. The van der Waals surface area contributed by atoms with Crippen molar-refractivity contribution in [3.8, 4) is 5.75 Å². The first kappa shape index (κ1) is 25.0. The van der Waals surface area contributed by atoms with Crippen molar-refractivity contribution in [2.24, 2.45) is 4.99 Å². The van der Waals surface area contributed by atoms with Gasteiger partial charge in [0.15, 0.2) is 5.17 Å². The number of ether oxygens (including phenoxy) is 1. The third kappa shape index (κ3) is 6.37. The lowest BCUT2D eigenvalue weighted by Crippen LogP contribution is -2.28. The van der Waals surface area contributed by atoms with Crippen LogP contribution in [0, 0.1) is 5.82 Å². The lowest BCUT2D eigenvalue weighted by Gasteiger charge is -2.15. The predicted molar refractivity (Wildman–Crippen MR) is 151 cm³/mol. The summed E-state index contributed by atoms with van der Waals surface area (Å²) in [5.41, 5.74) is 3.56. The van der Waals surface area contributed by atoms with E-state index in [1.54, 1.807) is 17.0 Å². The van der Waals surface area contributed by atoms with Crippen LogP contribution in [0.2, 0.25) is 0 Å². The maximum Gasteiger partial charge on any atom is 0.267 e. The van der Waals surface area contributed by atoms with Crippen molar-refractivity contribution in [3.05, 3.63) is 135 Å². The minimum Gasteiger partial charge on any atom is -0.488 e. The molecule has 184 valence electrons. The van der Waals surface area contributed by atoms with Gasteiger partial charge in [-0.05, 0) is 86.9 Å². The second kappa shape index (κ2) is 11.6. The van der Waals surface area contributed by atoms with Crippen molar-refractivity contribution >= 4 is 50.5 Å². The van der Waals surface area contributed by atoms with Crippen LogP contribution in [0.15, 0.2) is 117 Å². The molecule has 4 nitrogen and oxygen atoms in total. The first-order chi connectivity index (χ1) is 18.0. The van der Waals surface area contributed by atoms with Crippen LogP contribution in [0.1, 0.15) is 16.7 Å². The first-order valence-corrected chi connectivity index (χ1v) is 13.2. The number of amidine groups is 1. The van der Waals surface area contributed by atoms with Gasteiger partial charge in [-0.1, -0.05) is 66.7 Å². The van der Waals surface area contributed by atoms with Gasteiger partial charge in [-0.15, -0.1) is 0 Å². The summed E-state index contributed by atoms with van der Waals surface area (Å²) in [7, 11) is 0. The van der Waals surface area contributed by atoms with Gasteiger partial charge in [-0.25, -0.2) is 9.38 Å².